The quantitative estimate of drug-likeness (QED) is 0.697. The molecule has 0 saturated heterocycles. The molecule has 0 aliphatic carbocycles. The van der Waals surface area contributed by atoms with E-state index in [1.807, 2.05) is 36.4 Å². The predicted molar refractivity (Wildman–Crippen MR) is 86.5 cm³/mol. The predicted octanol–water partition coefficient (Wildman–Crippen LogP) is 4.58. The van der Waals surface area contributed by atoms with Crippen LogP contribution in [-0.4, -0.2) is 10.9 Å². The summed E-state index contributed by atoms with van der Waals surface area (Å²) in [6, 6.07) is 11.5. The van der Waals surface area contributed by atoms with Crippen LogP contribution in [-0.2, 0) is 6.54 Å². The third kappa shape index (κ3) is 2.61. The zero-order chi connectivity index (χ0) is 14.1. The molecule has 102 valence electrons. The Kier molecular flexibility index (Phi) is 3.83. The molecule has 6 heteroatoms. The fraction of sp³-hybridized carbons (Fsp3) is 0.0714. The largest absolute Gasteiger partial charge is 0.350 e. The van der Waals surface area contributed by atoms with Crippen molar-refractivity contribution in [1.82, 2.24) is 10.3 Å². The van der Waals surface area contributed by atoms with Gasteiger partial charge in [-0.05, 0) is 34.1 Å². The summed E-state index contributed by atoms with van der Waals surface area (Å²) in [6.45, 7) is 0.470. The first-order valence-electron chi connectivity index (χ1n) is 5.94. The Labute approximate surface area is 133 Å². The lowest BCUT2D eigenvalue weighted by Crippen LogP contribution is -2.22. The molecule has 3 rings (SSSR count). The Morgan fingerprint density at radius 1 is 1.30 bits per heavy atom. The van der Waals surface area contributed by atoms with E-state index in [1.165, 1.54) is 11.3 Å². The number of halogens is 2. The van der Waals surface area contributed by atoms with Gasteiger partial charge in [0.05, 0.1) is 15.4 Å². The number of nitrogens with one attached hydrogen (secondary N) is 2. The molecule has 20 heavy (non-hydrogen) atoms. The average Bonchev–Trinajstić information content (AvgIpc) is 3.01. The summed E-state index contributed by atoms with van der Waals surface area (Å²) in [5, 5.41) is 3.88. The Balaban J connectivity index is 1.80. The minimum Gasteiger partial charge on any atom is -0.350 e. The molecule has 1 amide bonds. The van der Waals surface area contributed by atoms with E-state index >= 15 is 0 Å². The Hall–Kier alpha value is -1.30. The maximum absolute atomic E-state index is 12.2. The lowest BCUT2D eigenvalue weighted by Gasteiger charge is -2.02. The molecule has 2 N–H and O–H groups in total. The minimum atomic E-state index is -0.141. The van der Waals surface area contributed by atoms with Gasteiger partial charge >= 0.3 is 0 Å². The number of aromatic amines is 1. The number of aromatic nitrogens is 1. The molecular weight excluding hydrogens is 360 g/mol. The number of fused-ring (bicyclic) bond motifs is 1. The zero-order valence-corrected chi connectivity index (χ0v) is 13.4. The van der Waals surface area contributed by atoms with E-state index in [0.717, 1.165) is 24.6 Å². The molecule has 0 aliphatic rings. The van der Waals surface area contributed by atoms with E-state index in [9.17, 15) is 4.79 Å². The first-order valence-corrected chi connectivity index (χ1v) is 7.92. The number of amides is 1. The molecule has 0 radical (unpaired) electrons. The van der Waals surface area contributed by atoms with Crippen molar-refractivity contribution in [3.63, 3.8) is 0 Å². The van der Waals surface area contributed by atoms with Gasteiger partial charge in [-0.15, -0.1) is 11.3 Å². The molecule has 2 heterocycles. The van der Waals surface area contributed by atoms with Crippen molar-refractivity contribution in [3.05, 3.63) is 55.8 Å². The van der Waals surface area contributed by atoms with Gasteiger partial charge < -0.3 is 10.3 Å². The molecule has 0 aliphatic heterocycles. The Bertz CT molecular complexity index is 780. The van der Waals surface area contributed by atoms with Crippen LogP contribution in [0, 0.1) is 0 Å². The molecule has 0 spiro atoms. The second-order valence-corrected chi connectivity index (χ2v) is 6.84. The van der Waals surface area contributed by atoms with Gasteiger partial charge in [-0.1, -0.05) is 29.8 Å². The summed E-state index contributed by atoms with van der Waals surface area (Å²) >= 11 is 10.8. The second kappa shape index (κ2) is 5.60. The van der Waals surface area contributed by atoms with E-state index in [0.29, 0.717) is 12.2 Å². The molecule has 1 aromatic carbocycles. The lowest BCUT2D eigenvalue weighted by molar-refractivity contribution is 0.0946. The van der Waals surface area contributed by atoms with Gasteiger partial charge in [0.2, 0.25) is 0 Å². The third-order valence-corrected chi connectivity index (χ3v) is 4.98. The summed E-state index contributed by atoms with van der Waals surface area (Å²) in [5.41, 5.74) is 1.47. The van der Waals surface area contributed by atoms with Crippen LogP contribution >= 0.6 is 38.9 Å². The van der Waals surface area contributed by atoms with Crippen LogP contribution in [0.3, 0.4) is 0 Å². The van der Waals surface area contributed by atoms with Crippen LogP contribution < -0.4 is 5.32 Å². The van der Waals surface area contributed by atoms with Crippen LogP contribution in [0.15, 0.2) is 40.9 Å². The topological polar surface area (TPSA) is 44.9 Å². The summed E-state index contributed by atoms with van der Waals surface area (Å²) in [5.74, 6) is -0.141. The lowest BCUT2D eigenvalue weighted by atomic mass is 10.2. The summed E-state index contributed by atoms with van der Waals surface area (Å²) < 4.78 is 1.51. The normalized spacial score (nSPS) is 10.9. The fourth-order valence-corrected chi connectivity index (χ4v) is 3.62. The third-order valence-electron chi connectivity index (χ3n) is 2.92. The monoisotopic (exact) mass is 368 g/mol. The van der Waals surface area contributed by atoms with Gasteiger partial charge in [0.25, 0.3) is 5.91 Å². The van der Waals surface area contributed by atoms with E-state index in [-0.39, 0.29) is 5.91 Å². The maximum Gasteiger partial charge on any atom is 0.269 e. The van der Waals surface area contributed by atoms with Gasteiger partial charge in [-0.25, -0.2) is 0 Å². The van der Waals surface area contributed by atoms with Crippen molar-refractivity contribution in [2.24, 2.45) is 0 Å². The zero-order valence-electron chi connectivity index (χ0n) is 10.2. The number of carbonyl (C=O) groups excluding carboxylic acids is 1. The number of rotatable bonds is 3. The maximum atomic E-state index is 12.2. The van der Waals surface area contributed by atoms with Crippen molar-refractivity contribution in [3.8, 4) is 0 Å². The summed E-state index contributed by atoms with van der Waals surface area (Å²) in [4.78, 5) is 16.4. The SMILES string of the molecule is O=C(NCc1ccc(Cl)s1)c1[nH]c2ccccc2c1Br. The number of hydrogen-bond donors (Lipinski definition) is 2. The molecule has 0 unspecified atom stereocenters. The Morgan fingerprint density at radius 2 is 2.10 bits per heavy atom. The number of carbonyl (C=O) groups is 1. The van der Waals surface area contributed by atoms with Crippen molar-refractivity contribution in [1.29, 1.82) is 0 Å². The number of H-pyrrole nitrogens is 1. The molecule has 3 aromatic rings. The number of para-hydroxylation sites is 1. The second-order valence-electron chi connectivity index (χ2n) is 4.25. The van der Waals surface area contributed by atoms with Gasteiger partial charge in [-0.2, -0.15) is 0 Å². The van der Waals surface area contributed by atoms with Crippen LogP contribution in [0.1, 0.15) is 15.4 Å². The smallest absolute Gasteiger partial charge is 0.269 e. The van der Waals surface area contributed by atoms with Crippen LogP contribution in [0.2, 0.25) is 4.34 Å². The molecule has 0 saturated carbocycles. The van der Waals surface area contributed by atoms with Gasteiger partial charge in [0, 0.05) is 15.8 Å². The molecule has 2 aromatic heterocycles. The van der Waals surface area contributed by atoms with Crippen molar-refractivity contribution in [2.75, 3.05) is 0 Å². The highest BCUT2D eigenvalue weighted by Crippen LogP contribution is 2.27. The Morgan fingerprint density at radius 3 is 2.80 bits per heavy atom. The van der Waals surface area contributed by atoms with Crippen molar-refractivity contribution in [2.45, 2.75) is 6.54 Å². The highest BCUT2D eigenvalue weighted by molar-refractivity contribution is 9.10. The molecule has 0 bridgehead atoms. The summed E-state index contributed by atoms with van der Waals surface area (Å²) in [6.07, 6.45) is 0. The summed E-state index contributed by atoms with van der Waals surface area (Å²) in [7, 11) is 0. The molecule has 0 atom stereocenters. The van der Waals surface area contributed by atoms with Gasteiger partial charge in [0.1, 0.15) is 5.69 Å². The fourth-order valence-electron chi connectivity index (χ4n) is 1.97. The number of thiophene rings is 1. The van der Waals surface area contributed by atoms with Crippen LogP contribution in [0.5, 0.6) is 0 Å². The van der Waals surface area contributed by atoms with Gasteiger partial charge in [0.15, 0.2) is 0 Å². The van der Waals surface area contributed by atoms with Crippen molar-refractivity contribution < 1.29 is 4.79 Å². The van der Waals surface area contributed by atoms with Crippen LogP contribution in [0.4, 0.5) is 0 Å². The van der Waals surface area contributed by atoms with E-state index in [4.69, 9.17) is 11.6 Å². The number of benzene rings is 1. The van der Waals surface area contributed by atoms with Crippen LogP contribution in [0.25, 0.3) is 10.9 Å². The van der Waals surface area contributed by atoms with E-state index < -0.39 is 0 Å². The highest BCUT2D eigenvalue weighted by atomic mass is 79.9. The van der Waals surface area contributed by atoms with Crippen molar-refractivity contribution >= 4 is 55.7 Å². The van der Waals surface area contributed by atoms with E-state index in [2.05, 4.69) is 26.2 Å². The minimum absolute atomic E-state index is 0.141. The van der Waals surface area contributed by atoms with E-state index in [1.54, 1.807) is 0 Å². The molecular formula is C14H10BrClN2OS. The first-order chi connectivity index (χ1) is 9.65. The average molecular weight is 370 g/mol. The van der Waals surface area contributed by atoms with Gasteiger partial charge in [-0.3, -0.25) is 4.79 Å². The number of hydrogen-bond acceptors (Lipinski definition) is 2. The standard InChI is InChI=1S/C14H10BrClN2OS/c15-12-9-3-1-2-4-10(9)18-13(12)14(19)17-7-8-5-6-11(16)20-8/h1-6,18H,7H2,(H,17,19). The first kappa shape index (κ1) is 13.7. The molecule has 3 nitrogen and oxygen atoms in total. The highest BCUT2D eigenvalue weighted by Gasteiger charge is 2.15. The molecule has 0 fully saturated rings.